The maximum atomic E-state index is 12.5. The number of aromatic nitrogens is 4. The molecule has 0 saturated carbocycles. The summed E-state index contributed by atoms with van der Waals surface area (Å²) in [6.07, 6.45) is 7.71. The van der Waals surface area contributed by atoms with Gasteiger partial charge in [-0.3, -0.25) is 0 Å². The van der Waals surface area contributed by atoms with Crippen molar-refractivity contribution in [1.82, 2.24) is 29.4 Å². The summed E-state index contributed by atoms with van der Waals surface area (Å²) in [6.45, 7) is 4.83. The van der Waals surface area contributed by atoms with Crippen LogP contribution in [0.3, 0.4) is 0 Å². The summed E-state index contributed by atoms with van der Waals surface area (Å²) in [5.74, 6) is 6.21. The van der Waals surface area contributed by atoms with E-state index in [1.165, 1.54) is 13.3 Å². The molecule has 0 unspecified atom stereocenters. The Balaban J connectivity index is 1.22. The van der Waals surface area contributed by atoms with Crippen LogP contribution in [0.5, 0.6) is 11.6 Å². The van der Waals surface area contributed by atoms with Gasteiger partial charge in [0.05, 0.1) is 48.3 Å². The van der Waals surface area contributed by atoms with E-state index in [-0.39, 0.29) is 19.0 Å². The van der Waals surface area contributed by atoms with Gasteiger partial charge < -0.3 is 29.3 Å². The van der Waals surface area contributed by atoms with Gasteiger partial charge in [0.1, 0.15) is 35.9 Å². The second-order valence-electron chi connectivity index (χ2n) is 12.3. The molecule has 2 aliphatic rings. The predicted octanol–water partition coefficient (Wildman–Crippen LogP) is 3.00. The van der Waals surface area contributed by atoms with Crippen molar-refractivity contribution >= 4 is 23.2 Å². The molecule has 0 atom stereocenters. The Morgan fingerprint density at radius 2 is 1.85 bits per heavy atom. The van der Waals surface area contributed by atoms with E-state index < -0.39 is 11.1 Å². The quantitative estimate of drug-likeness (QED) is 0.284. The highest BCUT2D eigenvalue weighted by Gasteiger charge is 2.53. The van der Waals surface area contributed by atoms with Crippen LogP contribution in [0.2, 0.25) is 0 Å². The average molecular weight is 635 g/mol. The Hall–Kier alpha value is -5.66. The molecule has 6 heterocycles. The minimum absolute atomic E-state index is 0.0781. The number of nitriles is 1. The number of hydrogen-bond donors (Lipinski definition) is 1. The molecule has 0 bridgehead atoms. The number of nitrogens with zero attached hydrogens (tertiary/aromatic N) is 8. The van der Waals surface area contributed by atoms with Crippen LogP contribution in [0, 0.1) is 11.3 Å². The maximum absolute atomic E-state index is 12.5. The molecule has 1 N–H and O–H groups in total. The van der Waals surface area contributed by atoms with Crippen LogP contribution in [0.1, 0.15) is 37.8 Å². The van der Waals surface area contributed by atoms with Crippen molar-refractivity contribution < 1.29 is 24.2 Å². The van der Waals surface area contributed by atoms with Gasteiger partial charge in [-0.25, -0.2) is 24.1 Å². The zero-order valence-corrected chi connectivity index (χ0v) is 26.6. The predicted molar refractivity (Wildman–Crippen MR) is 172 cm³/mol. The number of aliphatic hydroxyl groups is 1. The van der Waals surface area contributed by atoms with Crippen LogP contribution in [0.25, 0.3) is 16.6 Å². The molecule has 2 aliphatic heterocycles. The molecule has 13 nitrogen and oxygen atoms in total. The number of pyridine rings is 3. The molecule has 0 aromatic carbocycles. The Labute approximate surface area is 271 Å². The smallest absolute Gasteiger partial charge is 0.212 e. The summed E-state index contributed by atoms with van der Waals surface area (Å²) in [4.78, 5) is 39.3. The largest absolute Gasteiger partial charge is 0.489 e. The van der Waals surface area contributed by atoms with E-state index in [1.54, 1.807) is 47.9 Å². The first-order valence-corrected chi connectivity index (χ1v) is 15.1. The number of fused-ring (bicyclic) bond motifs is 1. The molecule has 13 heteroatoms. The number of likely N-dealkylation sites (N-methyl/N-ethyl adjacent to an activating group) is 1. The van der Waals surface area contributed by atoms with E-state index in [1.807, 2.05) is 42.2 Å². The molecule has 2 fully saturated rings. The summed E-state index contributed by atoms with van der Waals surface area (Å²) in [5, 5.41) is 24.2. The zero-order chi connectivity index (χ0) is 33.3. The molecule has 0 amide bonds. The van der Waals surface area contributed by atoms with Crippen LogP contribution in [-0.4, -0.2) is 91.4 Å². The molecule has 4 aromatic rings. The molecule has 47 heavy (non-hydrogen) atoms. The van der Waals surface area contributed by atoms with E-state index in [9.17, 15) is 20.0 Å². The minimum atomic E-state index is -1.03. The van der Waals surface area contributed by atoms with Gasteiger partial charge in [0, 0.05) is 49.7 Å². The van der Waals surface area contributed by atoms with E-state index in [0.29, 0.717) is 54.3 Å². The standard InChI is InChI=1S/C34H34N8O5/c1-33(2,45)22-47-26-13-27(32-25(14-35)17-38-42(32)19-26)24-6-7-29(36-16-24)40-11-9-34(10-12-40)28(20-43)41(31(21-44)39(34)3)18-23-5-8-30(46-4)37-15-23/h5-8,13,15-17,19,45H,9-12,18,22H2,1-4H3. The second-order valence-corrected chi connectivity index (χ2v) is 12.3. The third-order valence-electron chi connectivity index (χ3n) is 8.73. The van der Waals surface area contributed by atoms with Crippen LogP contribution < -0.4 is 14.4 Å². The molecule has 4 aromatic heterocycles. The molecular weight excluding hydrogens is 600 g/mol. The van der Waals surface area contributed by atoms with Crippen molar-refractivity contribution in [1.29, 1.82) is 5.26 Å². The zero-order valence-electron chi connectivity index (χ0n) is 26.6. The van der Waals surface area contributed by atoms with Gasteiger partial charge in [-0.1, -0.05) is 6.07 Å². The Morgan fingerprint density at radius 3 is 2.45 bits per heavy atom. The minimum Gasteiger partial charge on any atom is -0.489 e. The Morgan fingerprint density at radius 1 is 1.06 bits per heavy atom. The van der Waals surface area contributed by atoms with Crippen LogP contribution in [0.4, 0.5) is 5.82 Å². The lowest BCUT2D eigenvalue weighted by Gasteiger charge is -2.43. The second kappa shape index (κ2) is 12.3. The normalized spacial score (nSPS) is 16.0. The average Bonchev–Trinajstić information content (AvgIpc) is 3.59. The van der Waals surface area contributed by atoms with E-state index in [4.69, 9.17) is 14.5 Å². The highest BCUT2D eigenvalue weighted by atomic mass is 16.5. The van der Waals surface area contributed by atoms with Crippen LogP contribution >= 0.6 is 0 Å². The van der Waals surface area contributed by atoms with E-state index >= 15 is 0 Å². The number of ether oxygens (including phenoxy) is 2. The third kappa shape index (κ3) is 5.77. The van der Waals surface area contributed by atoms with Gasteiger partial charge in [-0.05, 0) is 50.5 Å². The monoisotopic (exact) mass is 634 g/mol. The van der Waals surface area contributed by atoms with Crippen molar-refractivity contribution in [2.45, 2.75) is 44.4 Å². The summed E-state index contributed by atoms with van der Waals surface area (Å²) >= 11 is 0. The lowest BCUT2D eigenvalue weighted by Crippen LogP contribution is -2.51. The van der Waals surface area contributed by atoms with Gasteiger partial charge in [0.15, 0.2) is 11.8 Å². The summed E-state index contributed by atoms with van der Waals surface area (Å²) < 4.78 is 12.6. The fourth-order valence-electron chi connectivity index (χ4n) is 6.28. The first-order chi connectivity index (χ1) is 22.6. The molecule has 0 radical (unpaired) electrons. The molecule has 2 saturated heterocycles. The summed E-state index contributed by atoms with van der Waals surface area (Å²) in [5.41, 5.74) is 2.01. The molecule has 240 valence electrons. The number of carbonyl (C=O) groups excluding carboxylic acids is 2. The van der Waals surface area contributed by atoms with Gasteiger partial charge in [0.2, 0.25) is 5.88 Å². The lowest BCUT2D eigenvalue weighted by atomic mass is 9.84. The molecule has 1 spiro atoms. The Bertz CT molecular complexity index is 1940. The topological polar surface area (TPSA) is 149 Å². The lowest BCUT2D eigenvalue weighted by molar-refractivity contribution is 0.0283. The third-order valence-corrected chi connectivity index (χ3v) is 8.73. The molecule has 0 aliphatic carbocycles. The fraction of sp³-hybridized carbons (Fsp3) is 0.353. The van der Waals surface area contributed by atoms with E-state index in [0.717, 1.165) is 22.5 Å². The maximum Gasteiger partial charge on any atom is 0.212 e. The fourth-order valence-corrected chi connectivity index (χ4v) is 6.28. The highest BCUT2D eigenvalue weighted by Crippen LogP contribution is 2.45. The van der Waals surface area contributed by atoms with Crippen LogP contribution in [-0.2, 0) is 16.1 Å². The molecule has 6 rings (SSSR count). The van der Waals surface area contributed by atoms with Gasteiger partial charge >= 0.3 is 0 Å². The van der Waals surface area contributed by atoms with Gasteiger partial charge in [-0.15, -0.1) is 0 Å². The number of rotatable bonds is 8. The van der Waals surface area contributed by atoms with Crippen molar-refractivity contribution in [3.05, 3.63) is 77.8 Å². The first-order valence-electron chi connectivity index (χ1n) is 15.1. The number of piperidine rings is 1. The Kier molecular flexibility index (Phi) is 8.18. The first kappa shape index (κ1) is 31.3. The van der Waals surface area contributed by atoms with E-state index in [2.05, 4.69) is 27.0 Å². The number of anilines is 1. The van der Waals surface area contributed by atoms with Crippen molar-refractivity contribution in [3.8, 4) is 28.8 Å². The number of hydrogen-bond acceptors (Lipinski definition) is 12. The SMILES string of the molecule is COc1ccc(CN2C(=C=O)N(C)C3(CCN(c4ccc(-c5cc(OCC(C)(C)O)cn6ncc(C#N)c56)cn4)CC3)C2=C=O)cn1. The van der Waals surface area contributed by atoms with Gasteiger partial charge in [0.25, 0.3) is 0 Å². The van der Waals surface area contributed by atoms with Crippen molar-refractivity contribution in [2.24, 2.45) is 0 Å². The van der Waals surface area contributed by atoms with Gasteiger partial charge in [-0.2, -0.15) is 10.4 Å². The summed E-state index contributed by atoms with van der Waals surface area (Å²) in [6, 6.07) is 11.5. The van der Waals surface area contributed by atoms with Crippen LogP contribution in [0.15, 0.2) is 66.6 Å². The summed E-state index contributed by atoms with van der Waals surface area (Å²) in [7, 11) is 3.36. The number of methoxy groups -OCH3 is 1. The molecular formula is C34H34N8O5. The van der Waals surface area contributed by atoms with Crippen molar-refractivity contribution in [2.75, 3.05) is 38.8 Å². The van der Waals surface area contributed by atoms with Crippen molar-refractivity contribution in [3.63, 3.8) is 0 Å². The highest BCUT2D eigenvalue weighted by molar-refractivity contribution is 5.85.